The van der Waals surface area contributed by atoms with Gasteiger partial charge in [-0.3, -0.25) is 9.59 Å². The average Bonchev–Trinajstić information content (AvgIpc) is 2.03. The lowest BCUT2D eigenvalue weighted by Crippen LogP contribution is -2.08. The van der Waals surface area contributed by atoms with Gasteiger partial charge in [0.25, 0.3) is 0 Å². The van der Waals surface area contributed by atoms with Gasteiger partial charge in [0.1, 0.15) is 12.1 Å². The Morgan fingerprint density at radius 3 is 2.69 bits per heavy atom. The fourth-order valence-corrected chi connectivity index (χ4v) is 0.986. The molecule has 0 aliphatic rings. The van der Waals surface area contributed by atoms with Crippen molar-refractivity contribution in [3.8, 4) is 0 Å². The number of hydrogen-bond acceptors (Lipinski definition) is 4. The molecule has 0 fully saturated rings. The molecule has 1 heterocycles. The first-order chi connectivity index (χ1) is 6.11. The summed E-state index contributed by atoms with van der Waals surface area (Å²) in [4.78, 5) is 29.6. The van der Waals surface area contributed by atoms with Crippen LogP contribution in [0, 0.1) is 6.92 Å². The lowest BCUT2D eigenvalue weighted by molar-refractivity contribution is -0.116. The summed E-state index contributed by atoms with van der Waals surface area (Å²) < 4.78 is 0. The van der Waals surface area contributed by atoms with Crippen LogP contribution in [0.2, 0.25) is 0 Å². The van der Waals surface area contributed by atoms with Gasteiger partial charge in [0, 0.05) is 6.20 Å². The van der Waals surface area contributed by atoms with Crippen LogP contribution in [-0.2, 0) is 4.79 Å². The van der Waals surface area contributed by atoms with Crippen LogP contribution in [0.1, 0.15) is 29.4 Å². The predicted molar refractivity (Wildman–Crippen MR) is 46.4 cm³/mol. The molecule has 0 aliphatic carbocycles. The Bertz CT molecular complexity index is 347. The predicted octanol–water partition coefficient (Wildman–Crippen LogP) is 0.947. The first kappa shape index (κ1) is 9.51. The van der Waals surface area contributed by atoms with Gasteiger partial charge in [-0.2, -0.15) is 0 Å². The average molecular weight is 178 g/mol. The van der Waals surface area contributed by atoms with Crippen LogP contribution in [0.25, 0.3) is 0 Å². The number of aromatic nitrogens is 2. The van der Waals surface area contributed by atoms with E-state index in [9.17, 15) is 9.59 Å². The highest BCUT2D eigenvalue weighted by Crippen LogP contribution is 2.05. The second-order valence-electron chi connectivity index (χ2n) is 2.82. The zero-order valence-electron chi connectivity index (χ0n) is 7.57. The van der Waals surface area contributed by atoms with Gasteiger partial charge in [0.2, 0.25) is 0 Å². The third-order valence-corrected chi connectivity index (χ3v) is 1.62. The van der Waals surface area contributed by atoms with E-state index in [1.165, 1.54) is 19.4 Å². The lowest BCUT2D eigenvalue weighted by Gasteiger charge is -1.99. The molecular weight excluding hydrogens is 168 g/mol. The van der Waals surface area contributed by atoms with Crippen LogP contribution in [0.5, 0.6) is 0 Å². The Balaban J connectivity index is 2.89. The van der Waals surface area contributed by atoms with Gasteiger partial charge in [0.15, 0.2) is 5.78 Å². The Kier molecular flexibility index (Phi) is 2.84. The molecule has 1 aromatic rings. The molecule has 0 unspecified atom stereocenters. The molecule has 0 amide bonds. The quantitative estimate of drug-likeness (QED) is 0.510. The van der Waals surface area contributed by atoms with E-state index in [1.807, 2.05) is 0 Å². The highest BCUT2D eigenvalue weighted by molar-refractivity contribution is 6.07. The number of carbonyl (C=O) groups excluding carboxylic acids is 2. The molecule has 0 bridgehead atoms. The van der Waals surface area contributed by atoms with Crippen molar-refractivity contribution in [1.82, 2.24) is 9.97 Å². The van der Waals surface area contributed by atoms with E-state index in [0.29, 0.717) is 11.3 Å². The van der Waals surface area contributed by atoms with Gasteiger partial charge in [-0.1, -0.05) is 0 Å². The molecule has 1 rings (SSSR count). The molecule has 4 heteroatoms. The first-order valence-corrected chi connectivity index (χ1v) is 3.90. The van der Waals surface area contributed by atoms with E-state index in [0.717, 1.165) is 0 Å². The Morgan fingerprint density at radius 1 is 1.46 bits per heavy atom. The number of carbonyl (C=O) groups is 2. The topological polar surface area (TPSA) is 59.9 Å². The summed E-state index contributed by atoms with van der Waals surface area (Å²) in [6.07, 6.45) is 2.74. The van der Waals surface area contributed by atoms with E-state index in [2.05, 4.69) is 9.97 Å². The van der Waals surface area contributed by atoms with Gasteiger partial charge in [0.05, 0.1) is 17.7 Å². The van der Waals surface area contributed by atoms with Gasteiger partial charge >= 0.3 is 0 Å². The zero-order chi connectivity index (χ0) is 9.84. The van der Waals surface area contributed by atoms with Crippen molar-refractivity contribution in [2.75, 3.05) is 0 Å². The van der Waals surface area contributed by atoms with Gasteiger partial charge in [-0.25, -0.2) is 9.97 Å². The van der Waals surface area contributed by atoms with Crippen LogP contribution in [-0.4, -0.2) is 21.5 Å². The van der Waals surface area contributed by atoms with Crippen molar-refractivity contribution in [1.29, 1.82) is 0 Å². The summed E-state index contributed by atoms with van der Waals surface area (Å²) in [5, 5.41) is 0. The summed E-state index contributed by atoms with van der Waals surface area (Å²) in [6.45, 7) is 3.10. The summed E-state index contributed by atoms with van der Waals surface area (Å²) in [6, 6.07) is 0. The Morgan fingerprint density at radius 2 is 2.15 bits per heavy atom. The van der Waals surface area contributed by atoms with Crippen LogP contribution >= 0.6 is 0 Å². The lowest BCUT2D eigenvalue weighted by atomic mass is 10.1. The molecule has 68 valence electrons. The molecule has 0 aliphatic heterocycles. The van der Waals surface area contributed by atoms with E-state index in [-0.39, 0.29) is 18.0 Å². The van der Waals surface area contributed by atoms with Gasteiger partial charge in [-0.05, 0) is 13.8 Å². The maximum Gasteiger partial charge on any atom is 0.173 e. The molecule has 0 saturated heterocycles. The standard InChI is InChI=1S/C9H10N2O2/c1-6(12)3-9(13)8-4-10-5-11-7(8)2/h4-5H,3H2,1-2H3. The first-order valence-electron chi connectivity index (χ1n) is 3.90. The molecule has 0 spiro atoms. The minimum atomic E-state index is -0.217. The van der Waals surface area contributed by atoms with E-state index in [1.54, 1.807) is 6.92 Å². The third-order valence-electron chi connectivity index (χ3n) is 1.62. The van der Waals surface area contributed by atoms with Crippen LogP contribution in [0.15, 0.2) is 12.5 Å². The molecule has 4 nitrogen and oxygen atoms in total. The summed E-state index contributed by atoms with van der Waals surface area (Å²) in [5.41, 5.74) is 1.04. The number of hydrogen-bond donors (Lipinski definition) is 0. The largest absolute Gasteiger partial charge is 0.300 e. The van der Waals surface area contributed by atoms with Crippen molar-refractivity contribution >= 4 is 11.6 Å². The van der Waals surface area contributed by atoms with Crippen molar-refractivity contribution in [3.63, 3.8) is 0 Å². The number of aryl methyl sites for hydroxylation is 1. The molecule has 1 aromatic heterocycles. The summed E-state index contributed by atoms with van der Waals surface area (Å²) in [5.74, 6) is -0.362. The molecular formula is C9H10N2O2. The maximum atomic E-state index is 11.4. The molecule has 0 N–H and O–H groups in total. The highest BCUT2D eigenvalue weighted by atomic mass is 16.1. The smallest absolute Gasteiger partial charge is 0.173 e. The fourth-order valence-electron chi connectivity index (χ4n) is 0.986. The second-order valence-corrected chi connectivity index (χ2v) is 2.82. The second kappa shape index (κ2) is 3.89. The van der Waals surface area contributed by atoms with Crippen LogP contribution < -0.4 is 0 Å². The number of nitrogens with zero attached hydrogens (tertiary/aromatic N) is 2. The molecule has 13 heavy (non-hydrogen) atoms. The van der Waals surface area contributed by atoms with Crippen molar-refractivity contribution in [2.24, 2.45) is 0 Å². The van der Waals surface area contributed by atoms with Crippen LogP contribution in [0.3, 0.4) is 0 Å². The SMILES string of the molecule is CC(=O)CC(=O)c1cncnc1C. The van der Waals surface area contributed by atoms with E-state index < -0.39 is 0 Å². The number of ketones is 2. The molecule has 0 aromatic carbocycles. The molecule has 0 saturated carbocycles. The third kappa shape index (κ3) is 2.43. The maximum absolute atomic E-state index is 11.4. The minimum Gasteiger partial charge on any atom is -0.300 e. The normalized spacial score (nSPS) is 9.69. The summed E-state index contributed by atoms with van der Waals surface area (Å²) >= 11 is 0. The zero-order valence-corrected chi connectivity index (χ0v) is 7.57. The molecule has 0 atom stereocenters. The molecule has 0 radical (unpaired) electrons. The van der Waals surface area contributed by atoms with Crippen molar-refractivity contribution < 1.29 is 9.59 Å². The monoisotopic (exact) mass is 178 g/mol. The Hall–Kier alpha value is -1.58. The van der Waals surface area contributed by atoms with Crippen LogP contribution in [0.4, 0.5) is 0 Å². The number of rotatable bonds is 3. The Labute approximate surface area is 76.0 Å². The fraction of sp³-hybridized carbons (Fsp3) is 0.333. The highest BCUT2D eigenvalue weighted by Gasteiger charge is 2.11. The number of Topliss-reactive ketones (excluding diaryl/α,β-unsaturated/α-hetero) is 2. The van der Waals surface area contributed by atoms with Gasteiger partial charge < -0.3 is 0 Å². The van der Waals surface area contributed by atoms with Gasteiger partial charge in [-0.15, -0.1) is 0 Å². The van der Waals surface area contributed by atoms with E-state index in [4.69, 9.17) is 0 Å². The van der Waals surface area contributed by atoms with Crippen molar-refractivity contribution in [3.05, 3.63) is 23.8 Å². The minimum absolute atomic E-state index is 0.0752. The van der Waals surface area contributed by atoms with Crippen molar-refractivity contribution in [2.45, 2.75) is 20.3 Å². The van der Waals surface area contributed by atoms with E-state index >= 15 is 0 Å². The summed E-state index contributed by atoms with van der Waals surface area (Å²) in [7, 11) is 0.